The largest absolute Gasteiger partial charge is 0.481 e. The molecule has 0 heterocycles. The first-order chi connectivity index (χ1) is 12.5. The predicted octanol–water partition coefficient (Wildman–Crippen LogP) is 3.57. The summed E-state index contributed by atoms with van der Waals surface area (Å²) in [5.74, 6) is -0.482. The molecule has 1 saturated carbocycles. The molecule has 0 bridgehead atoms. The van der Waals surface area contributed by atoms with Crippen LogP contribution < -0.4 is 4.74 Å². The van der Waals surface area contributed by atoms with E-state index < -0.39 is 12.6 Å². The number of hydrogen-bond donors (Lipinski definition) is 1. The van der Waals surface area contributed by atoms with Gasteiger partial charge in [0.25, 0.3) is 5.91 Å². The van der Waals surface area contributed by atoms with Gasteiger partial charge in [0.15, 0.2) is 6.61 Å². The van der Waals surface area contributed by atoms with E-state index in [2.05, 4.69) is 0 Å². The summed E-state index contributed by atoms with van der Waals surface area (Å²) in [4.78, 5) is 25.8. The molecule has 1 aliphatic carbocycles. The van der Waals surface area contributed by atoms with Crippen molar-refractivity contribution in [1.82, 2.24) is 4.90 Å². The molecule has 0 atom stereocenters. The van der Waals surface area contributed by atoms with E-state index in [-0.39, 0.29) is 5.91 Å². The SMILES string of the molecule is Cc1cc(C(=O)N(Cc2ccccc2)C2CC2)cc(C)c1OCC(=O)O. The lowest BCUT2D eigenvalue weighted by molar-refractivity contribution is -0.139. The number of carbonyl (C=O) groups is 2. The molecule has 0 spiro atoms. The van der Waals surface area contributed by atoms with Gasteiger partial charge in [0.1, 0.15) is 5.75 Å². The second-order valence-corrected chi connectivity index (χ2v) is 6.77. The Labute approximate surface area is 153 Å². The second kappa shape index (κ2) is 7.60. The first-order valence-corrected chi connectivity index (χ1v) is 8.76. The van der Waals surface area contributed by atoms with Gasteiger partial charge < -0.3 is 14.7 Å². The third kappa shape index (κ3) is 4.23. The molecule has 5 nitrogen and oxygen atoms in total. The molecule has 1 fully saturated rings. The number of carboxylic acid groups (broad SMARTS) is 1. The first kappa shape index (κ1) is 18.0. The molecule has 0 radical (unpaired) electrons. The Morgan fingerprint density at radius 2 is 1.73 bits per heavy atom. The van der Waals surface area contributed by atoms with Crippen LogP contribution in [0.3, 0.4) is 0 Å². The maximum atomic E-state index is 13.1. The number of benzene rings is 2. The van der Waals surface area contributed by atoms with Crippen molar-refractivity contribution in [2.24, 2.45) is 0 Å². The highest BCUT2D eigenvalue weighted by atomic mass is 16.5. The molecule has 0 unspecified atom stereocenters. The minimum Gasteiger partial charge on any atom is -0.481 e. The fourth-order valence-corrected chi connectivity index (χ4v) is 3.13. The van der Waals surface area contributed by atoms with Crippen LogP contribution in [0.5, 0.6) is 5.75 Å². The smallest absolute Gasteiger partial charge is 0.341 e. The Morgan fingerprint density at radius 1 is 1.12 bits per heavy atom. The van der Waals surface area contributed by atoms with Gasteiger partial charge in [-0.1, -0.05) is 30.3 Å². The summed E-state index contributed by atoms with van der Waals surface area (Å²) in [6.07, 6.45) is 2.08. The van der Waals surface area contributed by atoms with Crippen LogP contribution in [0.25, 0.3) is 0 Å². The zero-order valence-corrected chi connectivity index (χ0v) is 15.1. The summed E-state index contributed by atoms with van der Waals surface area (Å²) in [5, 5.41) is 8.79. The minimum atomic E-state index is -1.02. The van der Waals surface area contributed by atoms with Gasteiger partial charge in [0.05, 0.1) is 0 Å². The third-order valence-corrected chi connectivity index (χ3v) is 4.49. The van der Waals surface area contributed by atoms with Gasteiger partial charge in [0, 0.05) is 18.2 Å². The van der Waals surface area contributed by atoms with Gasteiger partial charge in [0.2, 0.25) is 0 Å². The highest BCUT2D eigenvalue weighted by Gasteiger charge is 2.33. The average molecular weight is 353 g/mol. The normalized spacial score (nSPS) is 13.3. The molecule has 0 aromatic heterocycles. The van der Waals surface area contributed by atoms with E-state index in [1.54, 1.807) is 12.1 Å². The number of aliphatic carboxylic acids is 1. The van der Waals surface area contributed by atoms with Gasteiger partial charge >= 0.3 is 5.97 Å². The Morgan fingerprint density at radius 3 is 2.27 bits per heavy atom. The molecule has 0 saturated heterocycles. The van der Waals surface area contributed by atoms with E-state index >= 15 is 0 Å². The van der Waals surface area contributed by atoms with Crippen molar-refractivity contribution in [1.29, 1.82) is 0 Å². The molecule has 5 heteroatoms. The molecule has 1 aliphatic rings. The van der Waals surface area contributed by atoms with Crippen LogP contribution in [0, 0.1) is 13.8 Å². The van der Waals surface area contributed by atoms with Gasteiger partial charge in [-0.3, -0.25) is 4.79 Å². The van der Waals surface area contributed by atoms with Crippen LogP contribution in [0.4, 0.5) is 0 Å². The van der Waals surface area contributed by atoms with E-state index in [9.17, 15) is 9.59 Å². The van der Waals surface area contributed by atoms with Crippen LogP contribution in [0.15, 0.2) is 42.5 Å². The summed E-state index contributed by atoms with van der Waals surface area (Å²) in [6.45, 7) is 3.87. The summed E-state index contributed by atoms with van der Waals surface area (Å²) < 4.78 is 5.36. The number of aryl methyl sites for hydroxylation is 2. The number of rotatable bonds is 7. The van der Waals surface area contributed by atoms with Crippen molar-refractivity contribution < 1.29 is 19.4 Å². The minimum absolute atomic E-state index is 0.00679. The van der Waals surface area contributed by atoms with Crippen LogP contribution in [0.2, 0.25) is 0 Å². The fraction of sp³-hybridized carbons (Fsp3) is 0.333. The zero-order chi connectivity index (χ0) is 18.7. The van der Waals surface area contributed by atoms with Crippen LogP contribution in [0.1, 0.15) is 39.9 Å². The Bertz CT molecular complexity index is 789. The molecule has 136 valence electrons. The van der Waals surface area contributed by atoms with Gasteiger partial charge in [-0.25, -0.2) is 4.79 Å². The second-order valence-electron chi connectivity index (χ2n) is 6.77. The molecule has 1 N–H and O–H groups in total. The van der Waals surface area contributed by atoms with E-state index in [0.29, 0.717) is 23.9 Å². The molecule has 0 aliphatic heterocycles. The monoisotopic (exact) mass is 353 g/mol. The average Bonchev–Trinajstić information content (AvgIpc) is 3.44. The topological polar surface area (TPSA) is 66.8 Å². The van der Waals surface area contributed by atoms with Gasteiger partial charge in [-0.15, -0.1) is 0 Å². The van der Waals surface area contributed by atoms with Crippen molar-refractivity contribution in [3.8, 4) is 5.75 Å². The van der Waals surface area contributed by atoms with Crippen molar-refractivity contribution in [3.05, 3.63) is 64.7 Å². The predicted molar refractivity (Wildman–Crippen MR) is 98.4 cm³/mol. The maximum Gasteiger partial charge on any atom is 0.341 e. The summed E-state index contributed by atoms with van der Waals surface area (Å²) in [7, 11) is 0. The Balaban J connectivity index is 1.82. The molecule has 2 aromatic rings. The fourth-order valence-electron chi connectivity index (χ4n) is 3.13. The Kier molecular flexibility index (Phi) is 5.26. The van der Waals surface area contributed by atoms with Crippen molar-refractivity contribution in [2.45, 2.75) is 39.3 Å². The highest BCUT2D eigenvalue weighted by Crippen LogP contribution is 2.31. The van der Waals surface area contributed by atoms with Crippen molar-refractivity contribution >= 4 is 11.9 Å². The highest BCUT2D eigenvalue weighted by molar-refractivity contribution is 5.95. The maximum absolute atomic E-state index is 13.1. The van der Waals surface area contributed by atoms with Gasteiger partial charge in [-0.05, 0) is 55.5 Å². The lowest BCUT2D eigenvalue weighted by Crippen LogP contribution is -2.32. The lowest BCUT2D eigenvalue weighted by Gasteiger charge is -2.23. The molecular weight excluding hydrogens is 330 g/mol. The number of carbonyl (C=O) groups excluding carboxylic acids is 1. The lowest BCUT2D eigenvalue weighted by atomic mass is 10.0. The number of carboxylic acids is 1. The standard InChI is InChI=1S/C21H23NO4/c1-14-10-17(11-15(2)20(14)26-13-19(23)24)21(25)22(18-8-9-18)12-16-6-4-3-5-7-16/h3-7,10-11,18H,8-9,12-13H2,1-2H3,(H,23,24). The molecule has 3 rings (SSSR count). The van der Waals surface area contributed by atoms with E-state index in [1.807, 2.05) is 49.1 Å². The van der Waals surface area contributed by atoms with Crippen LogP contribution in [-0.4, -0.2) is 34.5 Å². The number of nitrogens with zero attached hydrogens (tertiary/aromatic N) is 1. The van der Waals surface area contributed by atoms with Gasteiger partial charge in [-0.2, -0.15) is 0 Å². The summed E-state index contributed by atoms with van der Waals surface area (Å²) in [6, 6.07) is 13.9. The van der Waals surface area contributed by atoms with Crippen LogP contribution >= 0.6 is 0 Å². The van der Waals surface area contributed by atoms with E-state index in [1.165, 1.54) is 0 Å². The Hall–Kier alpha value is -2.82. The summed E-state index contributed by atoms with van der Waals surface area (Å²) >= 11 is 0. The van der Waals surface area contributed by atoms with Crippen molar-refractivity contribution in [2.75, 3.05) is 6.61 Å². The number of ether oxygens (including phenoxy) is 1. The number of hydrogen-bond acceptors (Lipinski definition) is 3. The van der Waals surface area contributed by atoms with Crippen molar-refractivity contribution in [3.63, 3.8) is 0 Å². The molecular formula is C21H23NO4. The zero-order valence-electron chi connectivity index (χ0n) is 15.1. The number of amides is 1. The molecule has 2 aromatic carbocycles. The molecule has 26 heavy (non-hydrogen) atoms. The summed E-state index contributed by atoms with van der Waals surface area (Å²) in [5.41, 5.74) is 3.27. The molecule has 1 amide bonds. The quantitative estimate of drug-likeness (QED) is 0.826. The third-order valence-electron chi connectivity index (χ3n) is 4.49. The van der Waals surface area contributed by atoms with E-state index in [0.717, 1.165) is 29.5 Å². The van der Waals surface area contributed by atoms with E-state index in [4.69, 9.17) is 9.84 Å². The van der Waals surface area contributed by atoms with Crippen LogP contribution in [-0.2, 0) is 11.3 Å². The first-order valence-electron chi connectivity index (χ1n) is 8.76.